The molecule has 0 radical (unpaired) electrons. The number of rotatable bonds is 6. The number of benzene rings is 2. The van der Waals surface area contributed by atoms with Crippen molar-refractivity contribution in [2.24, 2.45) is 0 Å². The quantitative estimate of drug-likeness (QED) is 0.239. The van der Waals surface area contributed by atoms with Gasteiger partial charge in [-0.25, -0.2) is 0 Å². The highest BCUT2D eigenvalue weighted by Crippen LogP contribution is 2.34. The maximum Gasteiger partial charge on any atom is 0.284 e. The highest BCUT2D eigenvalue weighted by Gasteiger charge is 2.20. The van der Waals surface area contributed by atoms with Crippen molar-refractivity contribution in [1.82, 2.24) is 0 Å². The molecule has 1 amide bonds. The lowest BCUT2D eigenvalue weighted by Gasteiger charge is -2.06. The van der Waals surface area contributed by atoms with Crippen molar-refractivity contribution in [3.05, 3.63) is 80.6 Å². The van der Waals surface area contributed by atoms with Crippen LogP contribution in [0.2, 0.25) is 5.02 Å². The molecule has 0 saturated carbocycles. The number of nitro groups is 1. The summed E-state index contributed by atoms with van der Waals surface area (Å²) in [5.41, 5.74) is 1.13. The van der Waals surface area contributed by atoms with Gasteiger partial charge in [-0.3, -0.25) is 14.9 Å². The molecule has 0 unspecified atom stereocenters. The summed E-state index contributed by atoms with van der Waals surface area (Å²) < 4.78 is 10.7. The van der Waals surface area contributed by atoms with Crippen molar-refractivity contribution in [2.75, 3.05) is 12.4 Å². The highest BCUT2D eigenvalue weighted by molar-refractivity contribution is 6.31. The average molecular weight is 438 g/mol. The Kier molecular flexibility index (Phi) is 6.38. The maximum atomic E-state index is 12.4. The van der Waals surface area contributed by atoms with Crippen molar-refractivity contribution in [3.8, 4) is 23.1 Å². The van der Waals surface area contributed by atoms with Gasteiger partial charge in [-0.1, -0.05) is 17.7 Å². The Balaban J connectivity index is 1.87. The lowest BCUT2D eigenvalue weighted by atomic mass is 10.1. The SMILES string of the molecule is COc1ccc(-c2ccc(/C=C(\C#N)C(=O)Nc3ccc(C)c(Cl)c3)o2)c([N+](=O)[O-])c1. The number of furan rings is 1. The number of nitrogens with one attached hydrogen (secondary N) is 1. The predicted molar refractivity (Wildman–Crippen MR) is 116 cm³/mol. The minimum atomic E-state index is -0.643. The van der Waals surface area contributed by atoms with Crippen LogP contribution in [0.15, 0.2) is 58.5 Å². The number of nitro benzene ring substituents is 1. The smallest absolute Gasteiger partial charge is 0.284 e. The van der Waals surface area contributed by atoms with Gasteiger partial charge >= 0.3 is 0 Å². The number of hydrogen-bond acceptors (Lipinski definition) is 6. The third-order valence-electron chi connectivity index (χ3n) is 4.38. The van der Waals surface area contributed by atoms with E-state index in [0.717, 1.165) is 5.56 Å². The molecule has 0 aliphatic rings. The molecule has 0 aliphatic heterocycles. The zero-order valence-electron chi connectivity index (χ0n) is 16.5. The fourth-order valence-corrected chi connectivity index (χ4v) is 2.91. The topological polar surface area (TPSA) is 118 Å². The van der Waals surface area contributed by atoms with Crippen molar-refractivity contribution in [3.63, 3.8) is 0 Å². The Hall–Kier alpha value is -4.09. The number of halogens is 1. The van der Waals surface area contributed by atoms with Crippen LogP contribution < -0.4 is 10.1 Å². The number of nitriles is 1. The van der Waals surface area contributed by atoms with E-state index in [9.17, 15) is 20.2 Å². The van der Waals surface area contributed by atoms with E-state index in [1.54, 1.807) is 24.3 Å². The molecule has 0 saturated heterocycles. The number of ether oxygens (including phenoxy) is 1. The van der Waals surface area contributed by atoms with Crippen LogP contribution in [0.5, 0.6) is 5.75 Å². The lowest BCUT2D eigenvalue weighted by Crippen LogP contribution is -2.13. The van der Waals surface area contributed by atoms with Crippen LogP contribution in [-0.2, 0) is 4.79 Å². The molecular formula is C22H16ClN3O5. The molecule has 0 bridgehead atoms. The van der Waals surface area contributed by atoms with Gasteiger partial charge in [0.15, 0.2) is 0 Å². The molecule has 3 aromatic rings. The molecule has 1 aromatic heterocycles. The summed E-state index contributed by atoms with van der Waals surface area (Å²) in [6.45, 7) is 1.83. The van der Waals surface area contributed by atoms with E-state index in [4.69, 9.17) is 20.8 Å². The van der Waals surface area contributed by atoms with Gasteiger partial charge < -0.3 is 14.5 Å². The molecule has 0 fully saturated rings. The van der Waals surface area contributed by atoms with E-state index in [2.05, 4.69) is 5.32 Å². The van der Waals surface area contributed by atoms with E-state index in [1.807, 2.05) is 13.0 Å². The van der Waals surface area contributed by atoms with E-state index in [1.165, 1.54) is 37.5 Å². The standard InChI is InChI=1S/C22H16ClN3O5/c1-13-3-4-15(10-19(13)23)25-22(27)14(12-24)9-17-6-8-21(31-17)18-7-5-16(30-2)11-20(18)26(28)29/h3-11H,1-2H3,(H,25,27)/b14-9+. The molecule has 1 heterocycles. The Bertz CT molecular complexity index is 1240. The molecule has 31 heavy (non-hydrogen) atoms. The number of methoxy groups -OCH3 is 1. The van der Waals surface area contributed by atoms with Gasteiger partial charge in [-0.15, -0.1) is 0 Å². The number of anilines is 1. The molecule has 9 heteroatoms. The number of nitrogens with zero attached hydrogens (tertiary/aromatic N) is 2. The van der Waals surface area contributed by atoms with Crippen LogP contribution in [-0.4, -0.2) is 17.9 Å². The molecule has 0 aliphatic carbocycles. The molecule has 8 nitrogen and oxygen atoms in total. The molecule has 0 spiro atoms. The maximum absolute atomic E-state index is 12.4. The van der Waals surface area contributed by atoms with Crippen LogP contribution in [0.4, 0.5) is 11.4 Å². The summed E-state index contributed by atoms with van der Waals surface area (Å²) in [6.07, 6.45) is 1.25. The molecule has 2 aromatic carbocycles. The number of amides is 1. The minimum absolute atomic E-state index is 0.189. The summed E-state index contributed by atoms with van der Waals surface area (Å²) in [6, 6.07) is 14.2. The van der Waals surface area contributed by atoms with Crippen LogP contribution in [0, 0.1) is 28.4 Å². The molecule has 0 atom stereocenters. The third-order valence-corrected chi connectivity index (χ3v) is 4.78. The number of carbonyl (C=O) groups excluding carboxylic acids is 1. The zero-order valence-corrected chi connectivity index (χ0v) is 17.3. The third kappa shape index (κ3) is 4.91. The van der Waals surface area contributed by atoms with Crippen LogP contribution in [0.1, 0.15) is 11.3 Å². The van der Waals surface area contributed by atoms with Gasteiger partial charge in [0.25, 0.3) is 11.6 Å². The van der Waals surface area contributed by atoms with Gasteiger partial charge in [-0.2, -0.15) is 5.26 Å². The minimum Gasteiger partial charge on any atom is -0.497 e. The molecule has 156 valence electrons. The fraction of sp³-hybridized carbons (Fsp3) is 0.0909. The monoisotopic (exact) mass is 437 g/mol. The normalized spacial score (nSPS) is 11.0. The second-order valence-corrected chi connectivity index (χ2v) is 6.84. The second kappa shape index (κ2) is 9.15. The predicted octanol–water partition coefficient (Wildman–Crippen LogP) is 5.37. The molecule has 3 rings (SSSR count). The van der Waals surface area contributed by atoms with Crippen molar-refractivity contribution >= 4 is 35.0 Å². The summed E-state index contributed by atoms with van der Waals surface area (Å²) >= 11 is 6.05. The summed E-state index contributed by atoms with van der Waals surface area (Å²) in [5, 5.41) is 23.9. The summed E-state index contributed by atoms with van der Waals surface area (Å²) in [5.74, 6) is 0.0925. The largest absolute Gasteiger partial charge is 0.497 e. The van der Waals surface area contributed by atoms with Crippen molar-refractivity contribution < 1.29 is 18.9 Å². The molecular weight excluding hydrogens is 422 g/mol. The lowest BCUT2D eigenvalue weighted by molar-refractivity contribution is -0.384. The van der Waals surface area contributed by atoms with Crippen molar-refractivity contribution in [1.29, 1.82) is 5.26 Å². The number of aryl methyl sites for hydroxylation is 1. The Morgan fingerprint density at radius 2 is 2.03 bits per heavy atom. The van der Waals surface area contributed by atoms with E-state index >= 15 is 0 Å². The first-order valence-corrected chi connectivity index (χ1v) is 9.32. The summed E-state index contributed by atoms with van der Waals surface area (Å²) in [7, 11) is 1.41. The van der Waals surface area contributed by atoms with Gasteiger partial charge in [0, 0.05) is 16.8 Å². The highest BCUT2D eigenvalue weighted by atomic mass is 35.5. The van der Waals surface area contributed by atoms with E-state index in [-0.39, 0.29) is 28.3 Å². The van der Waals surface area contributed by atoms with E-state index < -0.39 is 10.8 Å². The van der Waals surface area contributed by atoms with E-state index in [0.29, 0.717) is 16.5 Å². The van der Waals surface area contributed by atoms with Gasteiger partial charge in [0.05, 0.1) is 23.7 Å². The Morgan fingerprint density at radius 1 is 1.26 bits per heavy atom. The first-order chi connectivity index (χ1) is 14.8. The Morgan fingerprint density at radius 3 is 2.68 bits per heavy atom. The summed E-state index contributed by atoms with van der Waals surface area (Å²) in [4.78, 5) is 23.3. The molecule has 1 N–H and O–H groups in total. The number of carbonyl (C=O) groups is 1. The number of hydrogen-bond donors (Lipinski definition) is 1. The average Bonchev–Trinajstić information content (AvgIpc) is 3.22. The zero-order chi connectivity index (χ0) is 22.5. The van der Waals surface area contributed by atoms with Gasteiger partial charge in [-0.05, 0) is 48.9 Å². The Labute approximate surface area is 182 Å². The first kappa shape index (κ1) is 21.6. The second-order valence-electron chi connectivity index (χ2n) is 6.43. The fourth-order valence-electron chi connectivity index (χ4n) is 2.73. The van der Waals surface area contributed by atoms with Crippen LogP contribution in [0.3, 0.4) is 0 Å². The first-order valence-electron chi connectivity index (χ1n) is 8.94. The van der Waals surface area contributed by atoms with Gasteiger partial charge in [0.2, 0.25) is 0 Å². The van der Waals surface area contributed by atoms with Crippen LogP contribution >= 0.6 is 11.6 Å². The van der Waals surface area contributed by atoms with Crippen molar-refractivity contribution in [2.45, 2.75) is 6.92 Å². The van der Waals surface area contributed by atoms with Crippen LogP contribution in [0.25, 0.3) is 17.4 Å². The van der Waals surface area contributed by atoms with Gasteiger partial charge in [0.1, 0.15) is 28.9 Å².